The summed E-state index contributed by atoms with van der Waals surface area (Å²) in [4.78, 5) is 28.2. The van der Waals surface area contributed by atoms with Crippen molar-refractivity contribution in [1.82, 2.24) is 4.90 Å². The standard InChI is InChI=1S/C26H29NO5/c1-3-4-5-8-16-31-19-13-11-18(12-14-19)23-22-24(28)20-9-6-7-10-21(20)32-25(22)26(29)27(23)15-17-30-2/h6-7,9-14,23H,3-5,8,15-17H2,1-2H3/t23-/m1/s1. The number of para-hydroxylation sites is 1. The maximum Gasteiger partial charge on any atom is 0.290 e. The van der Waals surface area contributed by atoms with Crippen molar-refractivity contribution in [1.29, 1.82) is 0 Å². The Morgan fingerprint density at radius 1 is 0.969 bits per heavy atom. The molecule has 0 radical (unpaired) electrons. The van der Waals surface area contributed by atoms with Crippen molar-refractivity contribution in [3.05, 3.63) is 75.6 Å². The molecule has 0 N–H and O–H groups in total. The van der Waals surface area contributed by atoms with E-state index in [0.29, 0.717) is 36.3 Å². The predicted octanol–water partition coefficient (Wildman–Crippen LogP) is 4.94. The van der Waals surface area contributed by atoms with Gasteiger partial charge in [-0.05, 0) is 36.2 Å². The number of carbonyl (C=O) groups excluding carboxylic acids is 1. The fraction of sp³-hybridized carbons (Fsp3) is 0.385. The molecule has 1 atom stereocenters. The maximum absolute atomic E-state index is 13.4. The molecule has 0 aliphatic carbocycles. The van der Waals surface area contributed by atoms with E-state index in [1.807, 2.05) is 24.3 Å². The van der Waals surface area contributed by atoms with E-state index in [1.165, 1.54) is 12.8 Å². The normalized spacial score (nSPS) is 15.4. The van der Waals surface area contributed by atoms with E-state index < -0.39 is 6.04 Å². The molecule has 32 heavy (non-hydrogen) atoms. The summed E-state index contributed by atoms with van der Waals surface area (Å²) in [6.45, 7) is 3.59. The molecule has 2 aromatic carbocycles. The molecule has 0 fully saturated rings. The first-order valence-corrected chi connectivity index (χ1v) is 11.2. The number of hydrogen-bond acceptors (Lipinski definition) is 5. The fourth-order valence-corrected chi connectivity index (χ4v) is 4.20. The molecule has 168 valence electrons. The molecule has 6 heteroatoms. The third-order valence-electron chi connectivity index (χ3n) is 5.87. The van der Waals surface area contributed by atoms with Crippen LogP contribution in [0.4, 0.5) is 0 Å². The molecule has 0 saturated carbocycles. The Labute approximate surface area is 187 Å². The summed E-state index contributed by atoms with van der Waals surface area (Å²) < 4.78 is 17.0. The maximum atomic E-state index is 13.4. The highest BCUT2D eigenvalue weighted by Gasteiger charge is 2.42. The summed E-state index contributed by atoms with van der Waals surface area (Å²) in [6, 6.07) is 14.1. The van der Waals surface area contributed by atoms with E-state index in [0.717, 1.165) is 24.2 Å². The minimum Gasteiger partial charge on any atom is -0.494 e. The average Bonchev–Trinajstić information content (AvgIpc) is 3.10. The molecule has 1 aliphatic rings. The summed E-state index contributed by atoms with van der Waals surface area (Å²) in [7, 11) is 1.59. The van der Waals surface area contributed by atoms with Gasteiger partial charge in [0.15, 0.2) is 5.43 Å². The van der Waals surface area contributed by atoms with Crippen molar-refractivity contribution in [2.45, 2.75) is 38.6 Å². The van der Waals surface area contributed by atoms with E-state index >= 15 is 0 Å². The number of hydrogen-bond donors (Lipinski definition) is 0. The number of benzene rings is 2. The first-order chi connectivity index (χ1) is 15.7. The minimum absolute atomic E-state index is 0.117. The lowest BCUT2D eigenvalue weighted by Crippen LogP contribution is -2.32. The molecule has 3 aromatic rings. The van der Waals surface area contributed by atoms with Crippen molar-refractivity contribution in [3.8, 4) is 5.75 Å². The quantitative estimate of drug-likeness (QED) is 0.422. The molecule has 0 spiro atoms. The number of amides is 1. The van der Waals surface area contributed by atoms with Crippen LogP contribution in [0.15, 0.2) is 57.7 Å². The highest BCUT2D eigenvalue weighted by atomic mass is 16.5. The van der Waals surface area contributed by atoms with Crippen molar-refractivity contribution >= 4 is 16.9 Å². The largest absolute Gasteiger partial charge is 0.494 e. The van der Waals surface area contributed by atoms with Crippen molar-refractivity contribution in [2.24, 2.45) is 0 Å². The minimum atomic E-state index is -0.521. The molecule has 1 aromatic heterocycles. The summed E-state index contributed by atoms with van der Waals surface area (Å²) in [5.41, 5.74) is 1.48. The van der Waals surface area contributed by atoms with Crippen LogP contribution in [0.25, 0.3) is 11.0 Å². The van der Waals surface area contributed by atoms with Crippen LogP contribution in [0, 0.1) is 0 Å². The third kappa shape index (κ3) is 4.28. The Balaban J connectivity index is 1.66. The Bertz CT molecular complexity index is 1140. The fourth-order valence-electron chi connectivity index (χ4n) is 4.20. The summed E-state index contributed by atoms with van der Waals surface area (Å²) in [5.74, 6) is 0.607. The second-order valence-corrected chi connectivity index (χ2v) is 8.04. The van der Waals surface area contributed by atoms with E-state index in [2.05, 4.69) is 6.92 Å². The highest BCUT2D eigenvalue weighted by molar-refractivity contribution is 5.99. The van der Waals surface area contributed by atoms with Gasteiger partial charge in [0.25, 0.3) is 5.91 Å². The number of fused-ring (bicyclic) bond motifs is 2. The third-order valence-corrected chi connectivity index (χ3v) is 5.87. The molecular weight excluding hydrogens is 406 g/mol. The number of methoxy groups -OCH3 is 1. The van der Waals surface area contributed by atoms with Gasteiger partial charge in [0.1, 0.15) is 11.3 Å². The molecule has 0 unspecified atom stereocenters. The smallest absolute Gasteiger partial charge is 0.290 e. The number of nitrogens with zero attached hydrogens (tertiary/aromatic N) is 1. The van der Waals surface area contributed by atoms with Gasteiger partial charge < -0.3 is 18.8 Å². The highest BCUT2D eigenvalue weighted by Crippen LogP contribution is 2.38. The molecule has 6 nitrogen and oxygen atoms in total. The molecule has 2 heterocycles. The van der Waals surface area contributed by atoms with Crippen LogP contribution in [0.2, 0.25) is 0 Å². The van der Waals surface area contributed by atoms with Crippen LogP contribution in [0.5, 0.6) is 5.75 Å². The van der Waals surface area contributed by atoms with Crippen LogP contribution < -0.4 is 10.2 Å². The zero-order chi connectivity index (χ0) is 22.5. The van der Waals surface area contributed by atoms with E-state index in [9.17, 15) is 9.59 Å². The zero-order valence-electron chi connectivity index (χ0n) is 18.6. The first kappa shape index (κ1) is 22.1. The monoisotopic (exact) mass is 435 g/mol. The van der Waals surface area contributed by atoms with Gasteiger partial charge in [-0.1, -0.05) is 50.5 Å². The lowest BCUT2D eigenvalue weighted by atomic mass is 9.98. The van der Waals surface area contributed by atoms with Crippen molar-refractivity contribution in [2.75, 3.05) is 26.9 Å². The van der Waals surface area contributed by atoms with Gasteiger partial charge in [-0.15, -0.1) is 0 Å². The number of unbranched alkanes of at least 4 members (excludes halogenated alkanes) is 3. The lowest BCUT2D eigenvalue weighted by Gasteiger charge is -2.25. The van der Waals surface area contributed by atoms with Gasteiger partial charge >= 0.3 is 0 Å². The van der Waals surface area contributed by atoms with Gasteiger partial charge in [0.2, 0.25) is 5.76 Å². The summed E-state index contributed by atoms with van der Waals surface area (Å²) in [6.07, 6.45) is 4.60. The summed E-state index contributed by atoms with van der Waals surface area (Å²) >= 11 is 0. The van der Waals surface area contributed by atoms with Gasteiger partial charge in [-0.3, -0.25) is 9.59 Å². The molecule has 1 aliphatic heterocycles. The SMILES string of the molecule is CCCCCCOc1ccc([C@@H]2c3c(oc4ccccc4c3=O)C(=O)N2CCOC)cc1. The van der Waals surface area contributed by atoms with E-state index in [1.54, 1.807) is 36.3 Å². The molecule has 0 bridgehead atoms. The van der Waals surface area contributed by atoms with Crippen molar-refractivity contribution < 1.29 is 18.7 Å². The molecule has 1 amide bonds. The van der Waals surface area contributed by atoms with E-state index in [-0.39, 0.29) is 17.1 Å². The second-order valence-electron chi connectivity index (χ2n) is 8.04. The summed E-state index contributed by atoms with van der Waals surface area (Å²) in [5, 5.41) is 0.477. The number of ether oxygens (including phenoxy) is 2. The van der Waals surface area contributed by atoms with Gasteiger partial charge in [0, 0.05) is 13.7 Å². The van der Waals surface area contributed by atoms with Gasteiger partial charge in [-0.25, -0.2) is 0 Å². The van der Waals surface area contributed by atoms with Gasteiger partial charge in [0.05, 0.1) is 30.2 Å². The Kier molecular flexibility index (Phi) is 6.90. The molecule has 0 saturated heterocycles. The number of rotatable bonds is 10. The lowest BCUT2D eigenvalue weighted by molar-refractivity contribution is 0.0663. The Morgan fingerprint density at radius 3 is 2.50 bits per heavy atom. The average molecular weight is 436 g/mol. The zero-order valence-corrected chi connectivity index (χ0v) is 18.6. The first-order valence-electron chi connectivity index (χ1n) is 11.2. The van der Waals surface area contributed by atoms with Gasteiger partial charge in [-0.2, -0.15) is 0 Å². The number of carbonyl (C=O) groups is 1. The van der Waals surface area contributed by atoms with Crippen LogP contribution in [0.3, 0.4) is 0 Å². The second kappa shape index (κ2) is 10.0. The predicted molar refractivity (Wildman–Crippen MR) is 123 cm³/mol. The van der Waals surface area contributed by atoms with Crippen molar-refractivity contribution in [3.63, 3.8) is 0 Å². The molecular formula is C26H29NO5. The Morgan fingerprint density at radius 2 is 1.75 bits per heavy atom. The Hall–Kier alpha value is -3.12. The van der Waals surface area contributed by atoms with Crippen LogP contribution in [-0.2, 0) is 4.74 Å². The van der Waals surface area contributed by atoms with Crippen LogP contribution in [-0.4, -0.2) is 37.7 Å². The van der Waals surface area contributed by atoms with Crippen LogP contribution in [0.1, 0.15) is 60.3 Å². The van der Waals surface area contributed by atoms with Crippen LogP contribution >= 0.6 is 0 Å². The van der Waals surface area contributed by atoms with E-state index in [4.69, 9.17) is 13.9 Å². The molecule has 4 rings (SSSR count). The topological polar surface area (TPSA) is 69.0 Å².